The van der Waals surface area contributed by atoms with Gasteiger partial charge in [-0.2, -0.15) is 5.10 Å². The summed E-state index contributed by atoms with van der Waals surface area (Å²) < 4.78 is 41.9. The molecule has 0 aliphatic heterocycles. The Morgan fingerprint density at radius 3 is 2.48 bits per heavy atom. The summed E-state index contributed by atoms with van der Waals surface area (Å²) in [4.78, 5) is 16.5. The first-order chi connectivity index (χ1) is 14.4. The Bertz CT molecular complexity index is 1110. The van der Waals surface area contributed by atoms with Gasteiger partial charge >= 0.3 is 0 Å². The Morgan fingerprint density at radius 2 is 1.94 bits per heavy atom. The van der Waals surface area contributed by atoms with Crippen molar-refractivity contribution in [1.82, 2.24) is 23.8 Å². The van der Waals surface area contributed by atoms with Crippen molar-refractivity contribution in [2.75, 3.05) is 34.7 Å². The Morgan fingerprint density at radius 1 is 1.29 bits per heavy atom. The Hall–Kier alpha value is -1.98. The van der Waals surface area contributed by atoms with Crippen LogP contribution in [0.3, 0.4) is 0 Å². The highest BCUT2D eigenvalue weighted by atomic mass is 35.5. The Balaban J connectivity index is 2.73. The highest BCUT2D eigenvalue weighted by Gasteiger charge is 2.27. The van der Waals surface area contributed by atoms with Crippen LogP contribution in [0.1, 0.15) is 16.2 Å². The van der Waals surface area contributed by atoms with Crippen LogP contribution >= 0.6 is 23.4 Å². The van der Waals surface area contributed by atoms with E-state index < -0.39 is 21.8 Å². The fraction of sp³-hybridized carbons (Fsp3) is 0.368. The van der Waals surface area contributed by atoms with E-state index in [1.54, 1.807) is 27.1 Å². The van der Waals surface area contributed by atoms with Crippen LogP contribution in [-0.2, 0) is 16.6 Å². The zero-order valence-corrected chi connectivity index (χ0v) is 20.1. The molecule has 8 nitrogen and oxygen atoms in total. The zero-order valence-electron chi connectivity index (χ0n) is 17.8. The van der Waals surface area contributed by atoms with Crippen LogP contribution in [0, 0.1) is 6.92 Å². The van der Waals surface area contributed by atoms with Gasteiger partial charge < -0.3 is 4.90 Å². The lowest BCUT2D eigenvalue weighted by atomic mass is 10.0. The van der Waals surface area contributed by atoms with Gasteiger partial charge in [0.05, 0.1) is 17.3 Å². The number of amides is 1. The van der Waals surface area contributed by atoms with Crippen molar-refractivity contribution in [1.29, 1.82) is 0 Å². The molecule has 0 unspecified atom stereocenters. The van der Waals surface area contributed by atoms with Gasteiger partial charge in [-0.15, -0.1) is 0 Å². The number of aryl methyl sites for hydroxylation is 1. The molecule has 12 heteroatoms. The first-order valence-corrected chi connectivity index (χ1v) is 11.3. The average Bonchev–Trinajstić information content (AvgIpc) is 3.01. The van der Waals surface area contributed by atoms with Crippen LogP contribution in [0.25, 0.3) is 11.1 Å². The standard InChI is InChI=1S/C19H24Cl2FN5O3S/c1-12-17(13-6-7-15(20)16(10-13)31(29,30)26(4)5)18(19(28)25(2)3)27(24-12)11-14(22)8-9-23-21/h6-8,10,23H,9,11H2,1-5H3/b14-8-. The van der Waals surface area contributed by atoms with Gasteiger partial charge in [0, 0.05) is 40.3 Å². The third kappa shape index (κ3) is 5.45. The van der Waals surface area contributed by atoms with Crippen molar-refractivity contribution < 1.29 is 17.6 Å². The largest absolute Gasteiger partial charge is 0.343 e. The van der Waals surface area contributed by atoms with Crippen LogP contribution in [0.4, 0.5) is 4.39 Å². The molecule has 1 heterocycles. The quantitative estimate of drug-likeness (QED) is 0.573. The molecule has 1 aromatic carbocycles. The summed E-state index contributed by atoms with van der Waals surface area (Å²) >= 11 is 11.5. The van der Waals surface area contributed by atoms with Crippen LogP contribution < -0.4 is 4.84 Å². The topological polar surface area (TPSA) is 87.5 Å². The molecule has 0 aliphatic carbocycles. The molecule has 0 bridgehead atoms. The summed E-state index contributed by atoms with van der Waals surface area (Å²) in [6.07, 6.45) is 1.23. The maximum absolute atomic E-state index is 14.3. The number of halogens is 3. The molecule has 0 spiro atoms. The third-order valence-electron chi connectivity index (χ3n) is 4.42. The highest BCUT2D eigenvalue weighted by molar-refractivity contribution is 7.89. The number of hydrogen-bond donors (Lipinski definition) is 1. The third-order valence-corrected chi connectivity index (χ3v) is 6.87. The van der Waals surface area contributed by atoms with Gasteiger partial charge in [0.25, 0.3) is 5.91 Å². The Labute approximate surface area is 191 Å². The molecule has 2 rings (SSSR count). The van der Waals surface area contributed by atoms with E-state index in [0.29, 0.717) is 16.8 Å². The van der Waals surface area contributed by atoms with Gasteiger partial charge in [-0.3, -0.25) is 9.48 Å². The fourth-order valence-electron chi connectivity index (χ4n) is 2.88. The van der Waals surface area contributed by atoms with E-state index >= 15 is 0 Å². The van der Waals surface area contributed by atoms with Gasteiger partial charge in [0.15, 0.2) is 0 Å². The van der Waals surface area contributed by atoms with Crippen LogP contribution in [0.2, 0.25) is 5.02 Å². The maximum atomic E-state index is 14.3. The smallest absolute Gasteiger partial charge is 0.272 e. The lowest BCUT2D eigenvalue weighted by Crippen LogP contribution is -2.26. The molecular formula is C19H24Cl2FN5O3S. The summed E-state index contributed by atoms with van der Waals surface area (Å²) in [6, 6.07) is 4.43. The molecule has 170 valence electrons. The zero-order chi connectivity index (χ0) is 23.5. The molecule has 1 aromatic heterocycles. The number of carbonyl (C=O) groups is 1. The molecular weight excluding hydrogens is 468 g/mol. The van der Waals surface area contributed by atoms with Crippen molar-refractivity contribution in [3.63, 3.8) is 0 Å². The van der Waals surface area contributed by atoms with Gasteiger partial charge in [0.1, 0.15) is 16.4 Å². The van der Waals surface area contributed by atoms with Crippen molar-refractivity contribution in [2.45, 2.75) is 18.4 Å². The van der Waals surface area contributed by atoms with E-state index in [9.17, 15) is 17.6 Å². The summed E-state index contributed by atoms with van der Waals surface area (Å²) in [5.41, 5.74) is 1.38. The van der Waals surface area contributed by atoms with E-state index in [-0.39, 0.29) is 28.7 Å². The summed E-state index contributed by atoms with van der Waals surface area (Å²) in [5.74, 6) is -0.951. The van der Waals surface area contributed by atoms with E-state index in [0.717, 1.165) is 4.31 Å². The SMILES string of the molecule is Cc1nn(C/C(F)=C/CNCl)c(C(=O)N(C)C)c1-c1ccc(Cl)c(S(=O)(=O)N(C)C)c1. The summed E-state index contributed by atoms with van der Waals surface area (Å²) in [6.45, 7) is 1.47. The molecule has 0 aliphatic rings. The molecule has 1 amide bonds. The second kappa shape index (κ2) is 10.1. The molecule has 2 aromatic rings. The minimum Gasteiger partial charge on any atom is -0.343 e. The van der Waals surface area contributed by atoms with Gasteiger partial charge in [0.2, 0.25) is 10.0 Å². The highest BCUT2D eigenvalue weighted by Crippen LogP contribution is 2.34. The van der Waals surface area contributed by atoms with Crippen molar-refractivity contribution in [2.24, 2.45) is 0 Å². The molecule has 0 saturated heterocycles. The molecule has 0 saturated carbocycles. The molecule has 0 atom stereocenters. The average molecular weight is 492 g/mol. The van der Waals surface area contributed by atoms with E-state index in [1.807, 2.05) is 0 Å². The molecule has 31 heavy (non-hydrogen) atoms. The minimum absolute atomic E-state index is 0.0468. The van der Waals surface area contributed by atoms with Crippen LogP contribution in [-0.4, -0.2) is 68.0 Å². The van der Waals surface area contributed by atoms with Gasteiger partial charge in [-0.05, 0) is 42.5 Å². The van der Waals surface area contributed by atoms with Crippen LogP contribution in [0.5, 0.6) is 0 Å². The number of sulfonamides is 1. The minimum atomic E-state index is -3.83. The number of nitrogens with one attached hydrogen (secondary N) is 1. The van der Waals surface area contributed by atoms with Crippen molar-refractivity contribution in [3.8, 4) is 11.1 Å². The Kier molecular flexibility index (Phi) is 8.23. The number of allylic oxidation sites excluding steroid dienone is 1. The number of aromatic nitrogens is 2. The fourth-order valence-corrected chi connectivity index (χ4v) is 4.35. The predicted molar refractivity (Wildman–Crippen MR) is 119 cm³/mol. The lowest BCUT2D eigenvalue weighted by molar-refractivity contribution is 0.0816. The number of rotatable bonds is 8. The van der Waals surface area contributed by atoms with E-state index in [2.05, 4.69) is 9.93 Å². The number of hydrogen-bond acceptors (Lipinski definition) is 5. The van der Waals surface area contributed by atoms with Crippen LogP contribution in [0.15, 0.2) is 35.0 Å². The predicted octanol–water partition coefficient (Wildman–Crippen LogP) is 3.06. The first-order valence-electron chi connectivity index (χ1n) is 9.11. The molecule has 0 radical (unpaired) electrons. The molecule has 0 fully saturated rings. The van der Waals surface area contributed by atoms with Gasteiger partial charge in [-0.25, -0.2) is 21.9 Å². The van der Waals surface area contributed by atoms with Gasteiger partial charge in [-0.1, -0.05) is 17.7 Å². The number of nitrogens with zero attached hydrogens (tertiary/aromatic N) is 4. The second-order valence-electron chi connectivity index (χ2n) is 7.09. The lowest BCUT2D eigenvalue weighted by Gasteiger charge is -2.16. The second-order valence-corrected chi connectivity index (χ2v) is 9.88. The first kappa shape index (κ1) is 25.3. The summed E-state index contributed by atoms with van der Waals surface area (Å²) in [7, 11) is 2.08. The normalized spacial score (nSPS) is 12.5. The maximum Gasteiger partial charge on any atom is 0.272 e. The van der Waals surface area contributed by atoms with E-state index in [4.69, 9.17) is 23.4 Å². The van der Waals surface area contributed by atoms with Crippen molar-refractivity contribution >= 4 is 39.3 Å². The molecule has 1 N–H and O–H groups in total. The number of benzene rings is 1. The number of carbonyl (C=O) groups excluding carboxylic acids is 1. The monoisotopic (exact) mass is 491 g/mol. The van der Waals surface area contributed by atoms with Crippen molar-refractivity contribution in [3.05, 3.63) is 46.5 Å². The van der Waals surface area contributed by atoms with E-state index in [1.165, 1.54) is 41.9 Å². The summed E-state index contributed by atoms with van der Waals surface area (Å²) in [5, 5.41) is 4.38.